The molecule has 0 heterocycles. The summed E-state index contributed by atoms with van der Waals surface area (Å²) in [4.78, 5) is 57.3. The molecule has 0 atom stereocenters. The van der Waals surface area contributed by atoms with E-state index in [1.807, 2.05) is 0 Å². The number of nitro groups is 6. The molecular formula is C12H4N6O12S. The topological polar surface area (TPSA) is 259 Å². The molecule has 0 aliphatic heterocycles. The van der Waals surface area contributed by atoms with Gasteiger partial charge in [0.25, 0.3) is 5.69 Å². The molecule has 0 spiro atoms. The number of nitro benzene ring substituents is 6. The zero-order valence-electron chi connectivity index (χ0n) is 14.3. The second-order valence-corrected chi connectivity index (χ2v) is 6.30. The van der Waals surface area contributed by atoms with Crippen molar-refractivity contribution >= 4 is 45.9 Å². The van der Waals surface area contributed by atoms with Crippen molar-refractivity contribution < 1.29 is 29.5 Å². The molecule has 19 heteroatoms. The molecule has 0 unspecified atom stereocenters. The standard InChI is InChI=1S/C12H4N6O12S/c19-13(20)5-2-1-3-6(4-5)31-12-10(17(27)28)8(15(23)24)7(14(21)22)9(16(25)26)11(12)18(29)30/h1-4H. The average Bonchev–Trinajstić information content (AvgIpc) is 2.65. The van der Waals surface area contributed by atoms with E-state index in [4.69, 9.17) is 0 Å². The Morgan fingerprint density at radius 3 is 1.29 bits per heavy atom. The van der Waals surface area contributed by atoms with Crippen LogP contribution in [0.4, 0.5) is 34.1 Å². The lowest BCUT2D eigenvalue weighted by Gasteiger charge is -2.06. The minimum atomic E-state index is -2.04. The van der Waals surface area contributed by atoms with E-state index in [-0.39, 0.29) is 16.7 Å². The van der Waals surface area contributed by atoms with Crippen LogP contribution >= 0.6 is 11.8 Å². The van der Waals surface area contributed by atoms with Gasteiger partial charge in [-0.25, -0.2) is 0 Å². The predicted molar refractivity (Wildman–Crippen MR) is 96.9 cm³/mol. The minimum absolute atomic E-state index is 0.00663. The minimum Gasteiger partial charge on any atom is -0.258 e. The van der Waals surface area contributed by atoms with Gasteiger partial charge < -0.3 is 0 Å². The predicted octanol–water partition coefficient (Wildman–Crippen LogP) is 3.29. The highest BCUT2D eigenvalue weighted by Crippen LogP contribution is 2.56. The molecule has 2 rings (SSSR count). The van der Waals surface area contributed by atoms with Gasteiger partial charge in [-0.2, -0.15) is 0 Å². The molecule has 31 heavy (non-hydrogen) atoms. The molecule has 0 aromatic heterocycles. The molecule has 18 nitrogen and oxygen atoms in total. The van der Waals surface area contributed by atoms with E-state index < -0.39 is 68.6 Å². The Morgan fingerprint density at radius 1 is 0.548 bits per heavy atom. The van der Waals surface area contributed by atoms with Crippen molar-refractivity contribution in [2.24, 2.45) is 0 Å². The molecular weight excluding hydrogens is 452 g/mol. The summed E-state index contributed by atoms with van der Waals surface area (Å²) < 4.78 is 0. The lowest BCUT2D eigenvalue weighted by atomic mass is 10.1. The first kappa shape index (κ1) is 22.5. The SMILES string of the molecule is O=[N+]([O-])c1cccc(Sc2c([N+](=O)[O-])c([N+](=O)[O-])c([N+](=O)[O-])c([N+](=O)[O-])c2[N+](=O)[O-])c1. The zero-order chi connectivity index (χ0) is 23.6. The molecule has 0 aliphatic rings. The maximum absolute atomic E-state index is 11.5. The third-order valence-electron chi connectivity index (χ3n) is 3.49. The van der Waals surface area contributed by atoms with Crippen LogP contribution in [-0.4, -0.2) is 29.5 Å². The van der Waals surface area contributed by atoms with Gasteiger partial charge in [-0.15, -0.1) is 0 Å². The average molecular weight is 456 g/mol. The Labute approximate surface area is 171 Å². The van der Waals surface area contributed by atoms with E-state index in [1.54, 1.807) is 0 Å². The highest BCUT2D eigenvalue weighted by molar-refractivity contribution is 7.99. The van der Waals surface area contributed by atoms with Crippen LogP contribution in [0.25, 0.3) is 0 Å². The number of rotatable bonds is 8. The van der Waals surface area contributed by atoms with Crippen molar-refractivity contribution in [3.05, 3.63) is 85.0 Å². The lowest BCUT2D eigenvalue weighted by Crippen LogP contribution is -2.09. The van der Waals surface area contributed by atoms with Gasteiger partial charge in [0.05, 0.1) is 29.5 Å². The van der Waals surface area contributed by atoms with E-state index in [2.05, 4.69) is 0 Å². The Kier molecular flexibility index (Phi) is 6.00. The van der Waals surface area contributed by atoms with Crippen LogP contribution in [-0.2, 0) is 0 Å². The molecule has 0 radical (unpaired) electrons. The Balaban J connectivity index is 3.09. The summed E-state index contributed by atoms with van der Waals surface area (Å²) in [5.41, 5.74) is -9.99. The maximum Gasteiger partial charge on any atom is 0.437 e. The van der Waals surface area contributed by atoms with Crippen LogP contribution in [0.15, 0.2) is 34.1 Å². The van der Waals surface area contributed by atoms with Crippen molar-refractivity contribution in [3.63, 3.8) is 0 Å². The van der Waals surface area contributed by atoms with Crippen molar-refractivity contribution in [1.82, 2.24) is 0 Å². The molecule has 0 N–H and O–H groups in total. The Hall–Kier alpha value is -4.81. The second kappa shape index (κ2) is 8.28. The molecule has 0 amide bonds. The highest BCUT2D eigenvalue weighted by atomic mass is 32.2. The fraction of sp³-hybridized carbons (Fsp3) is 0. The summed E-state index contributed by atoms with van der Waals surface area (Å²) in [5, 5.41) is 67.9. The largest absolute Gasteiger partial charge is 0.437 e. The summed E-state index contributed by atoms with van der Waals surface area (Å²) in [5.74, 6) is 0. The normalized spacial score (nSPS) is 10.3. The number of non-ortho nitro benzene ring substituents is 1. The van der Waals surface area contributed by atoms with Gasteiger partial charge in [-0.1, -0.05) is 17.8 Å². The summed E-state index contributed by atoms with van der Waals surface area (Å²) >= 11 is -0.00663. The van der Waals surface area contributed by atoms with Crippen LogP contribution in [0.1, 0.15) is 0 Å². The summed E-state index contributed by atoms with van der Waals surface area (Å²) in [6.45, 7) is 0. The Bertz CT molecular complexity index is 1140. The molecule has 0 aliphatic carbocycles. The monoisotopic (exact) mass is 456 g/mol. The first-order valence-corrected chi connectivity index (χ1v) is 8.08. The first-order chi connectivity index (χ1) is 14.4. The summed E-state index contributed by atoms with van der Waals surface area (Å²) in [7, 11) is 0. The number of hydrogen-bond donors (Lipinski definition) is 0. The van der Waals surface area contributed by atoms with E-state index in [9.17, 15) is 60.7 Å². The van der Waals surface area contributed by atoms with Crippen molar-refractivity contribution in [3.8, 4) is 0 Å². The van der Waals surface area contributed by atoms with Crippen molar-refractivity contribution in [2.75, 3.05) is 0 Å². The molecule has 160 valence electrons. The molecule has 2 aromatic rings. The molecule has 0 fully saturated rings. The van der Waals surface area contributed by atoms with Crippen molar-refractivity contribution in [1.29, 1.82) is 0 Å². The van der Waals surface area contributed by atoms with E-state index in [0.717, 1.165) is 24.3 Å². The van der Waals surface area contributed by atoms with Gasteiger partial charge in [-0.05, 0) is 6.07 Å². The fourth-order valence-corrected chi connectivity index (χ4v) is 3.49. The number of benzene rings is 2. The molecule has 0 bridgehead atoms. The van der Waals surface area contributed by atoms with E-state index in [0.29, 0.717) is 0 Å². The fourth-order valence-electron chi connectivity index (χ4n) is 2.40. The molecule has 0 saturated heterocycles. The highest BCUT2D eigenvalue weighted by Gasteiger charge is 2.54. The van der Waals surface area contributed by atoms with Gasteiger partial charge >= 0.3 is 28.4 Å². The molecule has 2 aromatic carbocycles. The van der Waals surface area contributed by atoms with Gasteiger partial charge in [0.15, 0.2) is 4.90 Å². The van der Waals surface area contributed by atoms with E-state index in [1.165, 1.54) is 0 Å². The van der Waals surface area contributed by atoms with Crippen LogP contribution in [0.5, 0.6) is 0 Å². The number of hydrogen-bond acceptors (Lipinski definition) is 13. The zero-order valence-corrected chi connectivity index (χ0v) is 15.1. The summed E-state index contributed by atoms with van der Waals surface area (Å²) in [6, 6.07) is 3.93. The maximum atomic E-state index is 11.5. The first-order valence-electron chi connectivity index (χ1n) is 7.26. The van der Waals surface area contributed by atoms with Gasteiger partial charge in [0, 0.05) is 17.0 Å². The van der Waals surface area contributed by atoms with Crippen LogP contribution in [0, 0.1) is 60.7 Å². The van der Waals surface area contributed by atoms with Crippen LogP contribution in [0.2, 0.25) is 0 Å². The van der Waals surface area contributed by atoms with Gasteiger partial charge in [0.2, 0.25) is 0 Å². The van der Waals surface area contributed by atoms with Crippen molar-refractivity contribution in [2.45, 2.75) is 9.79 Å². The third kappa shape index (κ3) is 4.14. The second-order valence-electron chi connectivity index (χ2n) is 5.21. The smallest absolute Gasteiger partial charge is 0.258 e. The van der Waals surface area contributed by atoms with Crippen LogP contribution < -0.4 is 0 Å². The van der Waals surface area contributed by atoms with Gasteiger partial charge in [0.1, 0.15) is 0 Å². The third-order valence-corrected chi connectivity index (χ3v) is 4.57. The van der Waals surface area contributed by atoms with Crippen LogP contribution in [0.3, 0.4) is 0 Å². The van der Waals surface area contributed by atoms with E-state index >= 15 is 0 Å². The Morgan fingerprint density at radius 2 is 0.935 bits per heavy atom. The molecule has 0 saturated carbocycles. The van der Waals surface area contributed by atoms with Gasteiger partial charge in [-0.3, -0.25) is 60.7 Å². The lowest BCUT2D eigenvalue weighted by molar-refractivity contribution is -0.462. The number of nitrogens with zero attached hydrogens (tertiary/aromatic N) is 6. The quantitative estimate of drug-likeness (QED) is 0.408. The summed E-state index contributed by atoms with van der Waals surface area (Å²) in [6.07, 6.45) is 0.